The molecule has 2 heterocycles. The smallest absolute Gasteiger partial charge is 0.265 e. The van der Waals surface area contributed by atoms with Crippen LogP contribution < -0.4 is 9.64 Å². The van der Waals surface area contributed by atoms with Gasteiger partial charge in [-0.3, -0.25) is 9.59 Å². The Morgan fingerprint density at radius 3 is 1.95 bits per heavy atom. The van der Waals surface area contributed by atoms with Crippen molar-refractivity contribution < 1.29 is 23.1 Å². The van der Waals surface area contributed by atoms with Crippen LogP contribution in [0.1, 0.15) is 20.7 Å². The fourth-order valence-electron chi connectivity index (χ4n) is 3.96. The molecule has 0 spiro atoms. The zero-order valence-corrected chi connectivity index (χ0v) is 21.1. The van der Waals surface area contributed by atoms with Gasteiger partial charge in [-0.1, -0.05) is 23.2 Å². The van der Waals surface area contributed by atoms with Crippen LogP contribution in [0.4, 0.5) is 14.5 Å². The van der Waals surface area contributed by atoms with Crippen LogP contribution in [0.5, 0.6) is 5.75 Å². The van der Waals surface area contributed by atoms with Crippen LogP contribution in [0, 0.1) is 11.6 Å². The molecule has 2 aromatic heterocycles. The summed E-state index contributed by atoms with van der Waals surface area (Å²) in [5.74, 6) is -2.31. The van der Waals surface area contributed by atoms with Crippen molar-refractivity contribution in [2.24, 2.45) is 0 Å². The van der Waals surface area contributed by atoms with Crippen molar-refractivity contribution in [2.45, 2.75) is 0 Å². The fraction of sp³-hybridized carbons (Fsp3) is 0.0357. The van der Waals surface area contributed by atoms with Gasteiger partial charge in [0.25, 0.3) is 11.8 Å². The van der Waals surface area contributed by atoms with Crippen molar-refractivity contribution in [3.63, 3.8) is 0 Å². The van der Waals surface area contributed by atoms with Gasteiger partial charge in [0.15, 0.2) is 0 Å². The molecule has 0 unspecified atom stereocenters. The van der Waals surface area contributed by atoms with Crippen LogP contribution in [-0.2, 0) is 0 Å². The number of halogens is 4. The van der Waals surface area contributed by atoms with E-state index in [0.717, 1.165) is 34.7 Å². The Hall–Kier alpha value is -4.27. The predicted molar refractivity (Wildman–Crippen MR) is 142 cm³/mol. The van der Waals surface area contributed by atoms with E-state index < -0.39 is 23.4 Å². The highest BCUT2D eigenvalue weighted by Crippen LogP contribution is 2.33. The van der Waals surface area contributed by atoms with Gasteiger partial charge < -0.3 is 9.72 Å². The molecule has 0 bridgehead atoms. The molecule has 0 saturated heterocycles. The zero-order chi connectivity index (χ0) is 27.0. The standard InChI is InChI=1S/C28H17Cl2F2N3O3/c1-38-18-6-2-15(3-7-18)24-14-19-25(10-11-33-26(19)34-24)35(27(36)16-4-8-22(31)20(29)12-16)28(37)17-5-9-23(32)21(30)13-17/h2-14H,1H3,(H,33,34). The number of benzene rings is 3. The van der Waals surface area contributed by atoms with Crippen molar-refractivity contribution >= 4 is 51.7 Å². The lowest BCUT2D eigenvalue weighted by atomic mass is 10.1. The number of fused-ring (bicyclic) bond motifs is 1. The predicted octanol–water partition coefficient (Wildman–Crippen LogP) is 7.31. The van der Waals surface area contributed by atoms with Gasteiger partial charge in [-0.05, 0) is 78.4 Å². The number of pyridine rings is 1. The van der Waals surface area contributed by atoms with E-state index in [9.17, 15) is 18.4 Å². The van der Waals surface area contributed by atoms with Crippen LogP contribution in [0.25, 0.3) is 22.3 Å². The minimum absolute atomic E-state index is 0.0335. The summed E-state index contributed by atoms with van der Waals surface area (Å²) in [5.41, 5.74) is 2.03. The summed E-state index contributed by atoms with van der Waals surface area (Å²) in [5, 5.41) is -0.103. The summed E-state index contributed by atoms with van der Waals surface area (Å²) in [7, 11) is 1.57. The number of imide groups is 1. The lowest BCUT2D eigenvalue weighted by molar-refractivity contribution is 0.0898. The lowest BCUT2D eigenvalue weighted by Crippen LogP contribution is -2.37. The van der Waals surface area contributed by atoms with Crippen molar-refractivity contribution in [1.29, 1.82) is 0 Å². The van der Waals surface area contributed by atoms with Gasteiger partial charge >= 0.3 is 0 Å². The van der Waals surface area contributed by atoms with E-state index in [2.05, 4.69) is 9.97 Å². The molecular weight excluding hydrogens is 535 g/mol. The van der Waals surface area contributed by atoms with Crippen LogP contribution >= 0.6 is 23.2 Å². The molecule has 10 heteroatoms. The van der Waals surface area contributed by atoms with Gasteiger partial charge in [-0.25, -0.2) is 18.7 Å². The molecule has 38 heavy (non-hydrogen) atoms. The van der Waals surface area contributed by atoms with E-state index >= 15 is 0 Å². The third kappa shape index (κ3) is 4.71. The Balaban J connectivity index is 1.67. The molecule has 2 amide bonds. The number of ether oxygens (including phenoxy) is 1. The molecule has 190 valence electrons. The Labute approximate surface area is 225 Å². The summed E-state index contributed by atoms with van der Waals surface area (Å²) in [6.45, 7) is 0. The first-order chi connectivity index (χ1) is 18.3. The second-order valence-electron chi connectivity index (χ2n) is 8.21. The first-order valence-corrected chi connectivity index (χ1v) is 11.9. The van der Waals surface area contributed by atoms with Crippen LogP contribution in [0.3, 0.4) is 0 Å². The highest BCUT2D eigenvalue weighted by molar-refractivity contribution is 6.33. The number of hydrogen-bond acceptors (Lipinski definition) is 4. The van der Waals surface area contributed by atoms with Crippen molar-refractivity contribution in [3.8, 4) is 17.0 Å². The second kappa shape index (κ2) is 10.2. The number of anilines is 1. The third-order valence-corrected chi connectivity index (χ3v) is 6.47. The second-order valence-corrected chi connectivity index (χ2v) is 9.02. The molecule has 0 aliphatic carbocycles. The number of aromatic amines is 1. The summed E-state index contributed by atoms with van der Waals surface area (Å²) >= 11 is 11.8. The lowest BCUT2D eigenvalue weighted by Gasteiger charge is -2.22. The Kier molecular flexibility index (Phi) is 6.84. The molecule has 5 aromatic rings. The number of carbonyl (C=O) groups is 2. The van der Waals surface area contributed by atoms with Gasteiger partial charge in [0.1, 0.15) is 23.0 Å². The van der Waals surface area contributed by atoms with Gasteiger partial charge in [0.05, 0.1) is 22.8 Å². The number of aromatic nitrogens is 2. The average Bonchev–Trinajstić information content (AvgIpc) is 3.37. The summed E-state index contributed by atoms with van der Waals surface area (Å²) in [4.78, 5) is 35.9. The maximum Gasteiger partial charge on any atom is 0.265 e. The molecule has 6 nitrogen and oxygen atoms in total. The number of hydrogen-bond donors (Lipinski definition) is 1. The molecule has 0 fully saturated rings. The largest absolute Gasteiger partial charge is 0.497 e. The number of amides is 2. The first kappa shape index (κ1) is 25.4. The SMILES string of the molecule is COc1ccc(-c2cc3c(N(C(=O)c4ccc(F)c(Cl)c4)C(=O)c4ccc(F)c(Cl)c4)ccnc3[nH]2)cc1. The van der Waals surface area contributed by atoms with E-state index in [-0.39, 0.29) is 26.9 Å². The first-order valence-electron chi connectivity index (χ1n) is 11.2. The number of nitrogens with zero attached hydrogens (tertiary/aromatic N) is 2. The Morgan fingerprint density at radius 1 is 0.842 bits per heavy atom. The number of H-pyrrole nitrogens is 1. The monoisotopic (exact) mass is 551 g/mol. The molecule has 0 atom stereocenters. The molecule has 0 aliphatic rings. The number of nitrogens with one attached hydrogen (secondary N) is 1. The minimum Gasteiger partial charge on any atom is -0.497 e. The van der Waals surface area contributed by atoms with Gasteiger partial charge in [0.2, 0.25) is 0 Å². The van der Waals surface area contributed by atoms with Crippen LogP contribution in [-0.4, -0.2) is 28.9 Å². The van der Waals surface area contributed by atoms with E-state index in [1.165, 1.54) is 24.4 Å². The van der Waals surface area contributed by atoms with Crippen LogP contribution in [0.2, 0.25) is 10.0 Å². The van der Waals surface area contributed by atoms with Crippen molar-refractivity contribution in [3.05, 3.63) is 112 Å². The Morgan fingerprint density at radius 2 is 1.42 bits per heavy atom. The normalized spacial score (nSPS) is 11.0. The van der Waals surface area contributed by atoms with Crippen molar-refractivity contribution in [2.75, 3.05) is 12.0 Å². The average molecular weight is 552 g/mol. The molecule has 1 N–H and O–H groups in total. The van der Waals surface area contributed by atoms with E-state index in [4.69, 9.17) is 27.9 Å². The van der Waals surface area contributed by atoms with E-state index in [1.807, 2.05) is 12.1 Å². The van der Waals surface area contributed by atoms with Gasteiger partial charge in [0, 0.05) is 28.4 Å². The van der Waals surface area contributed by atoms with Crippen molar-refractivity contribution in [1.82, 2.24) is 9.97 Å². The third-order valence-electron chi connectivity index (χ3n) is 5.89. The highest BCUT2D eigenvalue weighted by atomic mass is 35.5. The zero-order valence-electron chi connectivity index (χ0n) is 19.6. The number of rotatable bonds is 5. The van der Waals surface area contributed by atoms with E-state index in [0.29, 0.717) is 22.5 Å². The summed E-state index contributed by atoms with van der Waals surface area (Å²) in [6, 6.07) is 17.3. The van der Waals surface area contributed by atoms with E-state index in [1.54, 1.807) is 25.3 Å². The Bertz CT molecular complexity index is 1640. The fourth-order valence-corrected chi connectivity index (χ4v) is 4.32. The molecule has 0 aliphatic heterocycles. The molecule has 5 rings (SSSR count). The maximum atomic E-state index is 13.8. The van der Waals surface area contributed by atoms with Gasteiger partial charge in [-0.15, -0.1) is 0 Å². The minimum atomic E-state index is -0.781. The summed E-state index contributed by atoms with van der Waals surface area (Å²) in [6.07, 6.45) is 1.44. The molecule has 0 radical (unpaired) electrons. The van der Waals surface area contributed by atoms with Gasteiger partial charge in [-0.2, -0.15) is 0 Å². The quantitative estimate of drug-likeness (QED) is 0.232. The summed E-state index contributed by atoms with van der Waals surface area (Å²) < 4.78 is 32.8. The molecule has 0 saturated carbocycles. The molecule has 3 aromatic carbocycles. The number of methoxy groups -OCH3 is 1. The number of carbonyl (C=O) groups excluding carboxylic acids is 2. The van der Waals surface area contributed by atoms with Crippen LogP contribution in [0.15, 0.2) is 79.0 Å². The maximum absolute atomic E-state index is 13.8. The highest BCUT2D eigenvalue weighted by Gasteiger charge is 2.29. The topological polar surface area (TPSA) is 75.3 Å². The molecular formula is C28H17Cl2F2N3O3.